The topological polar surface area (TPSA) is 29.5 Å². The lowest BCUT2D eigenvalue weighted by Gasteiger charge is -2.06. The molecule has 0 unspecified atom stereocenters. The van der Waals surface area contributed by atoms with E-state index in [1.165, 1.54) is 0 Å². The molecular formula is C15H12O2. The number of phenolic OH excluding ortho intramolecular Hbond substituents is 1. The van der Waals surface area contributed by atoms with Crippen LogP contribution < -0.4 is 4.74 Å². The van der Waals surface area contributed by atoms with Gasteiger partial charge in [-0.3, -0.25) is 0 Å². The first-order chi connectivity index (χ1) is 8.31. The third kappa shape index (κ3) is 2.59. The van der Waals surface area contributed by atoms with Crippen molar-refractivity contribution < 1.29 is 9.84 Å². The highest BCUT2D eigenvalue weighted by Gasteiger charge is 2.02. The van der Waals surface area contributed by atoms with Crippen molar-refractivity contribution in [3.05, 3.63) is 48.5 Å². The second-order valence-electron chi connectivity index (χ2n) is 3.53. The highest BCUT2D eigenvalue weighted by atomic mass is 16.5. The van der Waals surface area contributed by atoms with Crippen LogP contribution in [0.5, 0.6) is 11.5 Å². The van der Waals surface area contributed by atoms with Crippen LogP contribution in [0.2, 0.25) is 0 Å². The van der Waals surface area contributed by atoms with E-state index in [-0.39, 0.29) is 12.4 Å². The summed E-state index contributed by atoms with van der Waals surface area (Å²) >= 11 is 0. The molecule has 2 aromatic rings. The van der Waals surface area contributed by atoms with E-state index >= 15 is 0 Å². The van der Waals surface area contributed by atoms with Gasteiger partial charge in [0.2, 0.25) is 0 Å². The second-order valence-corrected chi connectivity index (χ2v) is 3.53. The van der Waals surface area contributed by atoms with Crippen LogP contribution >= 0.6 is 0 Å². The van der Waals surface area contributed by atoms with Gasteiger partial charge in [0.05, 0.1) is 0 Å². The molecule has 0 atom stereocenters. The van der Waals surface area contributed by atoms with Gasteiger partial charge in [-0.25, -0.2) is 0 Å². The van der Waals surface area contributed by atoms with Crippen molar-refractivity contribution in [1.29, 1.82) is 0 Å². The molecule has 2 heteroatoms. The van der Waals surface area contributed by atoms with Gasteiger partial charge in [-0.1, -0.05) is 36.3 Å². The van der Waals surface area contributed by atoms with Crippen LogP contribution in [0.25, 0.3) is 11.1 Å². The van der Waals surface area contributed by atoms with E-state index in [2.05, 4.69) is 5.92 Å². The highest BCUT2D eigenvalue weighted by Crippen LogP contribution is 2.29. The highest BCUT2D eigenvalue weighted by molar-refractivity contribution is 5.70. The first kappa shape index (κ1) is 11.1. The third-order valence-electron chi connectivity index (χ3n) is 2.39. The minimum absolute atomic E-state index is 0.260. The Morgan fingerprint density at radius 2 is 1.76 bits per heavy atom. The minimum atomic E-state index is 0.260. The summed E-state index contributed by atoms with van der Waals surface area (Å²) < 4.78 is 5.28. The van der Waals surface area contributed by atoms with Crippen LogP contribution in [0.3, 0.4) is 0 Å². The molecule has 0 bridgehead atoms. The molecule has 0 heterocycles. The molecule has 0 aliphatic heterocycles. The average Bonchev–Trinajstić information content (AvgIpc) is 2.38. The minimum Gasteiger partial charge on any atom is -0.507 e. The third-order valence-corrected chi connectivity index (χ3v) is 2.39. The Balaban J connectivity index is 2.24. The Labute approximate surface area is 100 Å². The molecule has 0 spiro atoms. The molecule has 17 heavy (non-hydrogen) atoms. The van der Waals surface area contributed by atoms with Crippen molar-refractivity contribution in [2.24, 2.45) is 0 Å². The largest absolute Gasteiger partial charge is 0.507 e. The Morgan fingerprint density at radius 3 is 2.41 bits per heavy atom. The quantitative estimate of drug-likeness (QED) is 0.812. The summed E-state index contributed by atoms with van der Waals surface area (Å²) in [5.74, 6) is 3.40. The Kier molecular flexibility index (Phi) is 3.32. The van der Waals surface area contributed by atoms with Gasteiger partial charge in [-0.2, -0.15) is 0 Å². The van der Waals surface area contributed by atoms with E-state index in [0.29, 0.717) is 0 Å². The van der Waals surface area contributed by atoms with Crippen molar-refractivity contribution in [2.75, 3.05) is 6.61 Å². The zero-order valence-electron chi connectivity index (χ0n) is 9.26. The monoisotopic (exact) mass is 224 g/mol. The van der Waals surface area contributed by atoms with E-state index in [1.54, 1.807) is 12.1 Å². The zero-order chi connectivity index (χ0) is 12.1. The molecule has 84 valence electrons. The maximum absolute atomic E-state index is 9.72. The molecule has 0 aromatic heterocycles. The summed E-state index contributed by atoms with van der Waals surface area (Å²) in [4.78, 5) is 0. The lowest BCUT2D eigenvalue weighted by molar-refractivity contribution is 0.370. The van der Waals surface area contributed by atoms with Crippen molar-refractivity contribution in [3.8, 4) is 35.0 Å². The van der Waals surface area contributed by atoms with E-state index in [0.717, 1.165) is 16.9 Å². The van der Waals surface area contributed by atoms with Gasteiger partial charge < -0.3 is 9.84 Å². The molecule has 0 fully saturated rings. The van der Waals surface area contributed by atoms with Crippen molar-refractivity contribution in [3.63, 3.8) is 0 Å². The summed E-state index contributed by atoms with van der Waals surface area (Å²) in [6.45, 7) is 0.260. The predicted octanol–water partition coefficient (Wildman–Crippen LogP) is 3.07. The van der Waals surface area contributed by atoms with Gasteiger partial charge in [0.25, 0.3) is 0 Å². The molecule has 2 nitrogen and oxygen atoms in total. The van der Waals surface area contributed by atoms with E-state index in [9.17, 15) is 5.11 Å². The Bertz CT molecular complexity index is 536. The molecule has 0 radical (unpaired) electrons. The fraction of sp³-hybridized carbons (Fsp3) is 0.0667. The van der Waals surface area contributed by atoms with E-state index in [1.807, 2.05) is 36.4 Å². The molecular weight excluding hydrogens is 212 g/mol. The molecule has 2 aromatic carbocycles. The number of rotatable bonds is 3. The van der Waals surface area contributed by atoms with Crippen LogP contribution in [0, 0.1) is 12.3 Å². The first-order valence-electron chi connectivity index (χ1n) is 5.26. The Morgan fingerprint density at radius 1 is 1.06 bits per heavy atom. The number of terminal acetylenes is 1. The maximum Gasteiger partial charge on any atom is 0.148 e. The maximum atomic E-state index is 9.72. The molecule has 0 amide bonds. The van der Waals surface area contributed by atoms with E-state index in [4.69, 9.17) is 11.2 Å². The van der Waals surface area contributed by atoms with Crippen molar-refractivity contribution in [2.45, 2.75) is 0 Å². The Hall–Kier alpha value is -2.40. The lowest BCUT2D eigenvalue weighted by Crippen LogP contribution is -1.92. The number of ether oxygens (including phenoxy) is 1. The van der Waals surface area contributed by atoms with Crippen molar-refractivity contribution >= 4 is 0 Å². The molecule has 0 aliphatic carbocycles. The molecule has 0 saturated carbocycles. The summed E-state index contributed by atoms with van der Waals surface area (Å²) in [7, 11) is 0. The van der Waals surface area contributed by atoms with Gasteiger partial charge in [0.1, 0.15) is 18.1 Å². The smallest absolute Gasteiger partial charge is 0.148 e. The predicted molar refractivity (Wildman–Crippen MR) is 67.9 cm³/mol. The van der Waals surface area contributed by atoms with Crippen LogP contribution in [0.1, 0.15) is 0 Å². The summed E-state index contributed by atoms with van der Waals surface area (Å²) in [6, 6.07) is 14.7. The number of hydrogen-bond acceptors (Lipinski definition) is 2. The summed E-state index contributed by atoms with van der Waals surface area (Å²) in [5, 5.41) is 9.72. The van der Waals surface area contributed by atoms with Gasteiger partial charge in [0.15, 0.2) is 0 Å². The average molecular weight is 224 g/mol. The van der Waals surface area contributed by atoms with Crippen LogP contribution in [-0.4, -0.2) is 11.7 Å². The number of benzene rings is 2. The number of hydrogen-bond donors (Lipinski definition) is 1. The SMILES string of the molecule is C#CCOc1ccc(-c2ccccc2O)cc1. The zero-order valence-corrected chi connectivity index (χ0v) is 9.26. The van der Waals surface area contributed by atoms with E-state index < -0.39 is 0 Å². The molecule has 2 rings (SSSR count). The van der Waals surface area contributed by atoms with Gasteiger partial charge in [0, 0.05) is 5.56 Å². The van der Waals surface area contributed by atoms with Gasteiger partial charge in [-0.15, -0.1) is 6.42 Å². The van der Waals surface area contributed by atoms with Crippen molar-refractivity contribution in [1.82, 2.24) is 0 Å². The number of para-hydroxylation sites is 1. The fourth-order valence-corrected chi connectivity index (χ4v) is 1.57. The van der Waals surface area contributed by atoms with Crippen LogP contribution in [0.4, 0.5) is 0 Å². The summed E-state index contributed by atoms with van der Waals surface area (Å²) in [5.41, 5.74) is 1.74. The van der Waals surface area contributed by atoms with Gasteiger partial charge >= 0.3 is 0 Å². The molecule has 0 saturated heterocycles. The van der Waals surface area contributed by atoms with Gasteiger partial charge in [-0.05, 0) is 23.8 Å². The number of aromatic hydroxyl groups is 1. The van der Waals surface area contributed by atoms with Crippen LogP contribution in [-0.2, 0) is 0 Å². The van der Waals surface area contributed by atoms with Crippen LogP contribution in [0.15, 0.2) is 48.5 Å². The molecule has 1 N–H and O–H groups in total. The standard InChI is InChI=1S/C15H12O2/c1-2-11-17-13-9-7-12(8-10-13)14-5-3-4-6-15(14)16/h1,3-10,16H,11H2. The fourth-order valence-electron chi connectivity index (χ4n) is 1.57. The lowest BCUT2D eigenvalue weighted by atomic mass is 10.0. The number of phenols is 1. The first-order valence-corrected chi connectivity index (χ1v) is 5.26. The summed E-state index contributed by atoms with van der Waals surface area (Å²) in [6.07, 6.45) is 5.11. The normalized spacial score (nSPS) is 9.59. The molecule has 0 aliphatic rings. The second kappa shape index (κ2) is 5.09.